The fraction of sp³-hybridized carbons (Fsp3) is 0.333. The van der Waals surface area contributed by atoms with E-state index in [4.69, 9.17) is 4.74 Å². The summed E-state index contributed by atoms with van der Waals surface area (Å²) in [5.74, 6) is -0.0809. The quantitative estimate of drug-likeness (QED) is 0.781. The molecular weight excluding hydrogens is 218 g/mol. The smallest absolute Gasteiger partial charge is 0.251 e. The lowest BCUT2D eigenvalue weighted by molar-refractivity contribution is 0.0936. The molecule has 0 saturated carbocycles. The Labute approximate surface area is 99.2 Å². The zero-order chi connectivity index (χ0) is 12.3. The first-order valence-electron chi connectivity index (χ1n) is 5.44. The summed E-state index contributed by atoms with van der Waals surface area (Å²) in [5, 5.41) is 10.7. The van der Waals surface area contributed by atoms with Crippen molar-refractivity contribution in [3.05, 3.63) is 29.5 Å². The second kappa shape index (κ2) is 4.97. The molecule has 0 unspecified atom stereocenters. The van der Waals surface area contributed by atoms with Crippen LogP contribution < -0.4 is 5.32 Å². The van der Waals surface area contributed by atoms with Crippen molar-refractivity contribution in [2.45, 2.75) is 6.92 Å². The highest BCUT2D eigenvalue weighted by molar-refractivity contribution is 6.00. The maximum atomic E-state index is 11.9. The van der Waals surface area contributed by atoms with Crippen molar-refractivity contribution in [1.82, 2.24) is 15.5 Å². The molecule has 2 rings (SSSR count). The largest absolute Gasteiger partial charge is 0.383 e. The topological polar surface area (TPSA) is 67.0 Å². The first-order valence-corrected chi connectivity index (χ1v) is 5.44. The van der Waals surface area contributed by atoms with E-state index >= 15 is 0 Å². The van der Waals surface area contributed by atoms with Gasteiger partial charge >= 0.3 is 0 Å². The Morgan fingerprint density at radius 1 is 1.53 bits per heavy atom. The van der Waals surface area contributed by atoms with E-state index in [2.05, 4.69) is 15.5 Å². The highest BCUT2D eigenvalue weighted by Gasteiger charge is 2.11. The Kier molecular flexibility index (Phi) is 3.39. The number of carbonyl (C=O) groups excluding carboxylic acids is 1. The van der Waals surface area contributed by atoms with Gasteiger partial charge in [-0.25, -0.2) is 0 Å². The van der Waals surface area contributed by atoms with E-state index in [0.29, 0.717) is 18.7 Å². The standard InChI is InChI=1S/C12H15N3O2/c1-8-9(12(16)13-5-6-17-2)3-4-11-10(8)7-14-15-11/h3-4,7H,5-6H2,1-2H3,(H,13,16)(H,14,15). The van der Waals surface area contributed by atoms with Gasteiger partial charge in [0.2, 0.25) is 0 Å². The number of carbonyl (C=O) groups is 1. The van der Waals surface area contributed by atoms with Crippen LogP contribution in [0.2, 0.25) is 0 Å². The van der Waals surface area contributed by atoms with Crippen molar-refractivity contribution in [1.29, 1.82) is 0 Å². The molecule has 0 aliphatic heterocycles. The van der Waals surface area contributed by atoms with Gasteiger partial charge in [-0.05, 0) is 24.6 Å². The number of aromatic amines is 1. The van der Waals surface area contributed by atoms with E-state index in [1.54, 1.807) is 19.4 Å². The van der Waals surface area contributed by atoms with Gasteiger partial charge in [0.15, 0.2) is 0 Å². The van der Waals surface area contributed by atoms with E-state index in [-0.39, 0.29) is 5.91 Å². The summed E-state index contributed by atoms with van der Waals surface area (Å²) in [6.45, 7) is 2.94. The van der Waals surface area contributed by atoms with Gasteiger partial charge in [-0.2, -0.15) is 5.10 Å². The third-order valence-corrected chi connectivity index (χ3v) is 2.72. The fourth-order valence-corrected chi connectivity index (χ4v) is 1.77. The minimum atomic E-state index is -0.0809. The number of nitrogens with zero attached hydrogens (tertiary/aromatic N) is 1. The Morgan fingerprint density at radius 3 is 3.12 bits per heavy atom. The predicted molar refractivity (Wildman–Crippen MR) is 65.0 cm³/mol. The molecule has 5 nitrogen and oxygen atoms in total. The molecule has 1 aromatic heterocycles. The van der Waals surface area contributed by atoms with Crippen LogP contribution in [0.5, 0.6) is 0 Å². The Balaban J connectivity index is 2.23. The number of hydrogen-bond donors (Lipinski definition) is 2. The van der Waals surface area contributed by atoms with Gasteiger partial charge in [0.25, 0.3) is 5.91 Å². The van der Waals surface area contributed by atoms with Crippen molar-refractivity contribution in [2.24, 2.45) is 0 Å². The molecule has 1 amide bonds. The molecule has 2 N–H and O–H groups in total. The summed E-state index contributed by atoms with van der Waals surface area (Å²) in [6, 6.07) is 3.63. The SMILES string of the molecule is COCCNC(=O)c1ccc2n[nH]cc2c1C. The molecule has 0 bridgehead atoms. The van der Waals surface area contributed by atoms with Crippen LogP contribution in [0.3, 0.4) is 0 Å². The van der Waals surface area contributed by atoms with Gasteiger partial charge in [-0.1, -0.05) is 0 Å². The normalized spacial score (nSPS) is 10.7. The number of fused-ring (bicyclic) bond motifs is 1. The maximum absolute atomic E-state index is 11.9. The average molecular weight is 233 g/mol. The number of methoxy groups -OCH3 is 1. The molecule has 0 saturated heterocycles. The summed E-state index contributed by atoms with van der Waals surface area (Å²) in [5.41, 5.74) is 2.48. The van der Waals surface area contributed by atoms with Crippen molar-refractivity contribution in [3.63, 3.8) is 0 Å². The molecule has 17 heavy (non-hydrogen) atoms. The second-order valence-corrected chi connectivity index (χ2v) is 3.80. The van der Waals surface area contributed by atoms with Crippen LogP contribution >= 0.6 is 0 Å². The molecule has 0 aliphatic rings. The molecular formula is C12H15N3O2. The van der Waals surface area contributed by atoms with Crippen LogP contribution in [-0.4, -0.2) is 36.4 Å². The zero-order valence-electron chi connectivity index (χ0n) is 9.91. The monoisotopic (exact) mass is 233 g/mol. The fourth-order valence-electron chi connectivity index (χ4n) is 1.77. The van der Waals surface area contributed by atoms with E-state index in [0.717, 1.165) is 16.5 Å². The van der Waals surface area contributed by atoms with E-state index < -0.39 is 0 Å². The average Bonchev–Trinajstić information content (AvgIpc) is 2.78. The van der Waals surface area contributed by atoms with Gasteiger partial charge in [0.1, 0.15) is 0 Å². The number of hydrogen-bond acceptors (Lipinski definition) is 3. The third kappa shape index (κ3) is 2.29. The van der Waals surface area contributed by atoms with Crippen LogP contribution in [0.25, 0.3) is 10.9 Å². The zero-order valence-corrected chi connectivity index (χ0v) is 9.91. The number of aryl methyl sites for hydroxylation is 1. The number of rotatable bonds is 4. The Morgan fingerprint density at radius 2 is 2.35 bits per heavy atom. The molecule has 0 fully saturated rings. The highest BCUT2D eigenvalue weighted by atomic mass is 16.5. The van der Waals surface area contributed by atoms with Gasteiger partial charge in [0, 0.05) is 30.8 Å². The number of benzene rings is 1. The molecule has 2 aromatic rings. The summed E-state index contributed by atoms with van der Waals surface area (Å²) in [6.07, 6.45) is 1.80. The number of aromatic nitrogens is 2. The maximum Gasteiger partial charge on any atom is 0.251 e. The molecule has 0 spiro atoms. The number of nitrogens with one attached hydrogen (secondary N) is 2. The first kappa shape index (κ1) is 11.6. The second-order valence-electron chi connectivity index (χ2n) is 3.80. The van der Waals surface area contributed by atoms with Gasteiger partial charge in [-0.3, -0.25) is 9.89 Å². The molecule has 0 radical (unpaired) electrons. The summed E-state index contributed by atoms with van der Waals surface area (Å²) < 4.78 is 4.89. The van der Waals surface area contributed by atoms with E-state index in [1.165, 1.54) is 0 Å². The van der Waals surface area contributed by atoms with Crippen molar-refractivity contribution in [2.75, 3.05) is 20.3 Å². The van der Waals surface area contributed by atoms with E-state index in [9.17, 15) is 4.79 Å². The third-order valence-electron chi connectivity index (χ3n) is 2.72. The van der Waals surface area contributed by atoms with Gasteiger partial charge in [0.05, 0.1) is 12.1 Å². The molecule has 1 aromatic carbocycles. The van der Waals surface area contributed by atoms with Gasteiger partial charge < -0.3 is 10.1 Å². The number of H-pyrrole nitrogens is 1. The van der Waals surface area contributed by atoms with Crippen LogP contribution in [0.4, 0.5) is 0 Å². The first-order chi connectivity index (χ1) is 8.24. The molecule has 5 heteroatoms. The van der Waals surface area contributed by atoms with Gasteiger partial charge in [-0.15, -0.1) is 0 Å². The number of ether oxygens (including phenoxy) is 1. The lowest BCUT2D eigenvalue weighted by Gasteiger charge is -2.07. The van der Waals surface area contributed by atoms with Crippen LogP contribution in [0.1, 0.15) is 15.9 Å². The van der Waals surface area contributed by atoms with Crippen LogP contribution in [0.15, 0.2) is 18.3 Å². The molecule has 0 atom stereocenters. The molecule has 0 aliphatic carbocycles. The lowest BCUT2D eigenvalue weighted by Crippen LogP contribution is -2.27. The van der Waals surface area contributed by atoms with Crippen molar-refractivity contribution >= 4 is 16.8 Å². The van der Waals surface area contributed by atoms with Crippen LogP contribution in [0, 0.1) is 6.92 Å². The minimum absolute atomic E-state index is 0.0809. The Hall–Kier alpha value is -1.88. The summed E-state index contributed by atoms with van der Waals surface area (Å²) in [4.78, 5) is 11.9. The minimum Gasteiger partial charge on any atom is -0.383 e. The predicted octanol–water partition coefficient (Wildman–Crippen LogP) is 1.25. The Bertz CT molecular complexity index is 534. The van der Waals surface area contributed by atoms with Crippen LogP contribution in [-0.2, 0) is 4.74 Å². The number of amides is 1. The summed E-state index contributed by atoms with van der Waals surface area (Å²) >= 11 is 0. The van der Waals surface area contributed by atoms with Crippen molar-refractivity contribution < 1.29 is 9.53 Å². The summed E-state index contributed by atoms with van der Waals surface area (Å²) in [7, 11) is 1.61. The van der Waals surface area contributed by atoms with E-state index in [1.807, 2.05) is 13.0 Å². The molecule has 90 valence electrons. The lowest BCUT2D eigenvalue weighted by atomic mass is 10.0. The molecule has 1 heterocycles. The highest BCUT2D eigenvalue weighted by Crippen LogP contribution is 2.19. The van der Waals surface area contributed by atoms with Crippen molar-refractivity contribution in [3.8, 4) is 0 Å².